The monoisotopic (exact) mass is 213 g/mol. The molecule has 3 N–H and O–H groups in total. The van der Waals surface area contributed by atoms with Gasteiger partial charge in [-0.1, -0.05) is 0 Å². The predicted molar refractivity (Wildman–Crippen MR) is 61.5 cm³/mol. The van der Waals surface area contributed by atoms with Crippen molar-refractivity contribution in [3.63, 3.8) is 0 Å². The number of piperidine rings is 1. The Balaban J connectivity index is 2.31. The largest absolute Gasteiger partial charge is 0.350 e. The summed E-state index contributed by atoms with van der Waals surface area (Å²) in [6, 6.07) is 0.237. The third kappa shape index (κ3) is 5.14. The molecule has 1 aliphatic heterocycles. The van der Waals surface area contributed by atoms with E-state index in [2.05, 4.69) is 10.2 Å². The molecular formula is C11H23N3O. The first-order chi connectivity index (χ1) is 6.87. The summed E-state index contributed by atoms with van der Waals surface area (Å²) in [6.45, 7) is 8.29. The molecule has 1 rings (SSSR count). The molecule has 0 aromatic rings. The van der Waals surface area contributed by atoms with Gasteiger partial charge in [0.05, 0.1) is 6.54 Å². The lowest BCUT2D eigenvalue weighted by molar-refractivity contribution is -0.123. The van der Waals surface area contributed by atoms with Crippen molar-refractivity contribution >= 4 is 5.91 Å². The van der Waals surface area contributed by atoms with Gasteiger partial charge < -0.3 is 11.1 Å². The zero-order valence-corrected chi connectivity index (χ0v) is 10.0. The van der Waals surface area contributed by atoms with Crippen molar-refractivity contribution in [1.29, 1.82) is 0 Å². The Kier molecular flexibility index (Phi) is 4.11. The summed E-state index contributed by atoms with van der Waals surface area (Å²) in [5, 5.41) is 2.96. The van der Waals surface area contributed by atoms with E-state index >= 15 is 0 Å². The van der Waals surface area contributed by atoms with E-state index in [1.165, 1.54) is 0 Å². The van der Waals surface area contributed by atoms with Gasteiger partial charge >= 0.3 is 0 Å². The van der Waals surface area contributed by atoms with Crippen molar-refractivity contribution in [2.24, 2.45) is 5.73 Å². The van der Waals surface area contributed by atoms with Crippen LogP contribution >= 0.6 is 0 Å². The molecule has 88 valence electrons. The average Bonchev–Trinajstić information content (AvgIpc) is 1.99. The van der Waals surface area contributed by atoms with Crippen LogP contribution in [0.2, 0.25) is 0 Å². The summed E-state index contributed by atoms with van der Waals surface area (Å²) < 4.78 is 0. The number of hydrogen-bond acceptors (Lipinski definition) is 3. The minimum Gasteiger partial charge on any atom is -0.350 e. The summed E-state index contributed by atoms with van der Waals surface area (Å²) in [5.41, 5.74) is 5.71. The maximum Gasteiger partial charge on any atom is 0.234 e. The lowest BCUT2D eigenvalue weighted by atomic mass is 10.1. The van der Waals surface area contributed by atoms with Gasteiger partial charge in [-0.15, -0.1) is 0 Å². The third-order valence-electron chi connectivity index (χ3n) is 2.42. The molecule has 0 bridgehead atoms. The van der Waals surface area contributed by atoms with Crippen LogP contribution in [0, 0.1) is 0 Å². The fourth-order valence-corrected chi connectivity index (χ4v) is 1.90. The number of likely N-dealkylation sites (tertiary alicyclic amines) is 1. The van der Waals surface area contributed by atoms with Gasteiger partial charge in [-0.25, -0.2) is 0 Å². The SMILES string of the molecule is CC(C)(C)NC(=O)CN1CCC[C@@H](N)C1. The maximum atomic E-state index is 11.6. The number of rotatable bonds is 2. The normalized spacial score (nSPS) is 23.9. The second kappa shape index (κ2) is 4.94. The fourth-order valence-electron chi connectivity index (χ4n) is 1.90. The molecule has 1 atom stereocenters. The number of amides is 1. The van der Waals surface area contributed by atoms with Crippen molar-refractivity contribution < 1.29 is 4.79 Å². The number of nitrogens with zero attached hydrogens (tertiary/aromatic N) is 1. The minimum atomic E-state index is -0.144. The summed E-state index contributed by atoms with van der Waals surface area (Å²) in [7, 11) is 0. The zero-order valence-electron chi connectivity index (χ0n) is 10.0. The summed E-state index contributed by atoms with van der Waals surface area (Å²) in [5.74, 6) is 0.0941. The number of carbonyl (C=O) groups excluding carboxylic acids is 1. The van der Waals surface area contributed by atoms with Gasteiger partial charge in [-0.2, -0.15) is 0 Å². The van der Waals surface area contributed by atoms with Crippen molar-refractivity contribution in [2.75, 3.05) is 19.6 Å². The molecule has 0 aliphatic carbocycles. The molecule has 1 fully saturated rings. The Morgan fingerprint density at radius 2 is 2.20 bits per heavy atom. The smallest absolute Gasteiger partial charge is 0.234 e. The Hall–Kier alpha value is -0.610. The Bertz CT molecular complexity index is 222. The van der Waals surface area contributed by atoms with Crippen LogP contribution in [-0.4, -0.2) is 42.0 Å². The molecule has 0 saturated carbocycles. The third-order valence-corrected chi connectivity index (χ3v) is 2.42. The molecule has 15 heavy (non-hydrogen) atoms. The fraction of sp³-hybridized carbons (Fsp3) is 0.909. The Labute approximate surface area is 92.2 Å². The Morgan fingerprint density at radius 3 is 2.73 bits per heavy atom. The topological polar surface area (TPSA) is 58.4 Å². The van der Waals surface area contributed by atoms with Gasteiger partial charge in [0.25, 0.3) is 0 Å². The highest BCUT2D eigenvalue weighted by atomic mass is 16.2. The molecule has 1 amide bonds. The van der Waals surface area contributed by atoms with Gasteiger partial charge in [0.2, 0.25) is 5.91 Å². The van der Waals surface area contributed by atoms with E-state index in [-0.39, 0.29) is 17.5 Å². The van der Waals surface area contributed by atoms with E-state index in [4.69, 9.17) is 5.73 Å². The van der Waals surface area contributed by atoms with E-state index in [9.17, 15) is 4.79 Å². The van der Waals surface area contributed by atoms with Gasteiger partial charge in [0.15, 0.2) is 0 Å². The maximum absolute atomic E-state index is 11.6. The van der Waals surface area contributed by atoms with Crippen molar-refractivity contribution in [3.05, 3.63) is 0 Å². The first-order valence-electron chi connectivity index (χ1n) is 5.66. The van der Waals surface area contributed by atoms with E-state index in [1.807, 2.05) is 20.8 Å². The van der Waals surface area contributed by atoms with Crippen LogP contribution in [0.5, 0.6) is 0 Å². The molecule has 1 saturated heterocycles. The van der Waals surface area contributed by atoms with Crippen LogP contribution in [0.3, 0.4) is 0 Å². The lowest BCUT2D eigenvalue weighted by Crippen LogP contribution is -2.50. The first-order valence-corrected chi connectivity index (χ1v) is 5.66. The summed E-state index contributed by atoms with van der Waals surface area (Å²) >= 11 is 0. The van der Waals surface area contributed by atoms with Crippen molar-refractivity contribution in [3.8, 4) is 0 Å². The van der Waals surface area contributed by atoms with E-state index in [0.717, 1.165) is 25.9 Å². The molecular weight excluding hydrogens is 190 g/mol. The molecule has 4 heteroatoms. The van der Waals surface area contributed by atoms with E-state index in [0.29, 0.717) is 6.54 Å². The lowest BCUT2D eigenvalue weighted by Gasteiger charge is -2.31. The van der Waals surface area contributed by atoms with Gasteiger partial charge in [0, 0.05) is 18.1 Å². The summed E-state index contributed by atoms with van der Waals surface area (Å²) in [4.78, 5) is 13.8. The molecule has 0 aromatic heterocycles. The molecule has 1 aliphatic rings. The molecule has 0 radical (unpaired) electrons. The van der Waals surface area contributed by atoms with Crippen LogP contribution in [-0.2, 0) is 4.79 Å². The van der Waals surface area contributed by atoms with Crippen LogP contribution in [0.25, 0.3) is 0 Å². The highest BCUT2D eigenvalue weighted by molar-refractivity contribution is 5.78. The van der Waals surface area contributed by atoms with E-state index < -0.39 is 0 Å². The van der Waals surface area contributed by atoms with Crippen LogP contribution in [0.4, 0.5) is 0 Å². The van der Waals surface area contributed by atoms with E-state index in [1.54, 1.807) is 0 Å². The Morgan fingerprint density at radius 1 is 1.53 bits per heavy atom. The number of hydrogen-bond donors (Lipinski definition) is 2. The van der Waals surface area contributed by atoms with Gasteiger partial charge in [0.1, 0.15) is 0 Å². The molecule has 4 nitrogen and oxygen atoms in total. The second-order valence-electron chi connectivity index (χ2n) is 5.44. The summed E-state index contributed by atoms with van der Waals surface area (Å²) in [6.07, 6.45) is 2.18. The quantitative estimate of drug-likeness (QED) is 0.695. The number of nitrogens with two attached hydrogens (primary N) is 1. The molecule has 0 unspecified atom stereocenters. The predicted octanol–water partition coefficient (Wildman–Crippen LogP) is 0.324. The number of carbonyl (C=O) groups is 1. The molecule has 0 aromatic carbocycles. The average molecular weight is 213 g/mol. The second-order valence-corrected chi connectivity index (χ2v) is 5.44. The van der Waals surface area contributed by atoms with Crippen molar-refractivity contribution in [1.82, 2.24) is 10.2 Å². The van der Waals surface area contributed by atoms with Gasteiger partial charge in [-0.05, 0) is 40.2 Å². The van der Waals surface area contributed by atoms with Crippen LogP contribution in [0.15, 0.2) is 0 Å². The van der Waals surface area contributed by atoms with Gasteiger partial charge in [-0.3, -0.25) is 9.69 Å². The highest BCUT2D eigenvalue weighted by Crippen LogP contribution is 2.07. The molecule has 1 heterocycles. The first kappa shape index (κ1) is 12.5. The van der Waals surface area contributed by atoms with Crippen molar-refractivity contribution in [2.45, 2.75) is 45.2 Å². The van der Waals surface area contributed by atoms with Crippen LogP contribution < -0.4 is 11.1 Å². The standard InChI is InChI=1S/C11H23N3O/c1-11(2,3)13-10(15)8-14-6-4-5-9(12)7-14/h9H,4-8,12H2,1-3H3,(H,13,15)/t9-/m1/s1. The molecule has 0 spiro atoms. The zero-order chi connectivity index (χ0) is 11.5. The van der Waals surface area contributed by atoms with Crippen LogP contribution in [0.1, 0.15) is 33.6 Å². The number of nitrogens with one attached hydrogen (secondary N) is 1. The minimum absolute atomic E-state index is 0.0941. The highest BCUT2D eigenvalue weighted by Gasteiger charge is 2.20.